The highest BCUT2D eigenvalue weighted by Crippen LogP contribution is 2.35. The Bertz CT molecular complexity index is 667. The van der Waals surface area contributed by atoms with Gasteiger partial charge in [0, 0.05) is 12.5 Å². The number of carboxylic acid groups (broad SMARTS) is 1. The third-order valence-electron chi connectivity index (χ3n) is 4.69. The molecule has 0 atom stereocenters. The number of carbonyl (C=O) groups is 1. The molecule has 1 N–H and O–H groups in total. The van der Waals surface area contributed by atoms with Gasteiger partial charge in [0.15, 0.2) is 0 Å². The summed E-state index contributed by atoms with van der Waals surface area (Å²) in [5.41, 5.74) is 1.93. The van der Waals surface area contributed by atoms with E-state index in [1.165, 1.54) is 12.8 Å². The van der Waals surface area contributed by atoms with Crippen LogP contribution in [0, 0.1) is 5.92 Å². The van der Waals surface area contributed by atoms with Gasteiger partial charge in [-0.05, 0) is 43.7 Å². The average Bonchev–Trinajstić information content (AvgIpc) is 2.86. The van der Waals surface area contributed by atoms with Gasteiger partial charge in [0.1, 0.15) is 11.3 Å². The maximum Gasteiger partial charge on any atom is 0.337 e. The molecule has 21 heavy (non-hydrogen) atoms. The second kappa shape index (κ2) is 5.51. The highest BCUT2D eigenvalue weighted by Gasteiger charge is 2.24. The molecule has 1 aliphatic rings. The van der Waals surface area contributed by atoms with E-state index in [2.05, 4.69) is 23.4 Å². The van der Waals surface area contributed by atoms with Crippen LogP contribution in [0.1, 0.15) is 61.8 Å². The Hall–Kier alpha value is -1.84. The van der Waals surface area contributed by atoms with Crippen LogP contribution in [-0.4, -0.2) is 20.6 Å². The summed E-state index contributed by atoms with van der Waals surface area (Å²) < 4.78 is 2.30. The third kappa shape index (κ3) is 2.43. The van der Waals surface area contributed by atoms with Crippen molar-refractivity contribution in [2.45, 2.75) is 52.0 Å². The molecule has 4 heteroatoms. The van der Waals surface area contributed by atoms with Crippen molar-refractivity contribution >= 4 is 17.0 Å². The monoisotopic (exact) mass is 286 g/mol. The first kappa shape index (κ1) is 14.1. The maximum absolute atomic E-state index is 11.4. The Labute approximate surface area is 124 Å². The first-order valence-corrected chi connectivity index (χ1v) is 7.85. The topological polar surface area (TPSA) is 55.1 Å². The van der Waals surface area contributed by atoms with Gasteiger partial charge in [-0.2, -0.15) is 0 Å². The Morgan fingerprint density at radius 1 is 1.33 bits per heavy atom. The lowest BCUT2D eigenvalue weighted by Crippen LogP contribution is -2.18. The van der Waals surface area contributed by atoms with Crippen LogP contribution in [0.15, 0.2) is 18.2 Å². The maximum atomic E-state index is 11.4. The van der Waals surface area contributed by atoms with Crippen LogP contribution >= 0.6 is 0 Å². The van der Waals surface area contributed by atoms with Gasteiger partial charge in [-0.3, -0.25) is 0 Å². The van der Waals surface area contributed by atoms with Gasteiger partial charge in [0.05, 0.1) is 11.1 Å². The van der Waals surface area contributed by atoms with Crippen molar-refractivity contribution in [1.29, 1.82) is 0 Å². The molecule has 0 spiro atoms. The van der Waals surface area contributed by atoms with Crippen LogP contribution in [0.3, 0.4) is 0 Å². The number of imidazole rings is 1. The lowest BCUT2D eigenvalue weighted by molar-refractivity contribution is 0.0699. The number of hydrogen-bond donors (Lipinski definition) is 1. The molecular formula is C17H22N2O2. The van der Waals surface area contributed by atoms with E-state index in [1.807, 2.05) is 12.1 Å². The number of aromatic nitrogens is 2. The molecule has 0 saturated heterocycles. The number of fused-ring (bicyclic) bond motifs is 1. The van der Waals surface area contributed by atoms with Gasteiger partial charge >= 0.3 is 5.97 Å². The van der Waals surface area contributed by atoms with Gasteiger partial charge in [-0.25, -0.2) is 9.78 Å². The van der Waals surface area contributed by atoms with Crippen molar-refractivity contribution < 1.29 is 9.90 Å². The minimum absolute atomic E-state index is 0.310. The lowest BCUT2D eigenvalue weighted by Gasteiger charge is -2.29. The summed E-state index contributed by atoms with van der Waals surface area (Å²) in [7, 11) is 0. The highest BCUT2D eigenvalue weighted by atomic mass is 16.4. The van der Waals surface area contributed by atoms with E-state index in [0.717, 1.165) is 36.5 Å². The Kier molecular flexibility index (Phi) is 3.70. The first-order chi connectivity index (χ1) is 10.1. The molecule has 1 saturated carbocycles. The summed E-state index contributed by atoms with van der Waals surface area (Å²) in [5.74, 6) is 0.916. The van der Waals surface area contributed by atoms with E-state index in [9.17, 15) is 9.90 Å². The predicted octanol–water partition coefficient (Wildman–Crippen LogP) is 4.05. The van der Waals surface area contributed by atoms with Gasteiger partial charge in [-0.1, -0.05) is 19.9 Å². The molecule has 1 aromatic heterocycles. The molecule has 1 fully saturated rings. The summed E-state index contributed by atoms with van der Waals surface area (Å²) in [6.45, 7) is 4.40. The zero-order chi connectivity index (χ0) is 15.0. The molecule has 112 valence electrons. The van der Waals surface area contributed by atoms with E-state index >= 15 is 0 Å². The summed E-state index contributed by atoms with van der Waals surface area (Å²) in [5, 5.41) is 9.35. The number of benzene rings is 1. The highest BCUT2D eigenvalue weighted by molar-refractivity contribution is 6.01. The number of nitrogens with zero attached hydrogens (tertiary/aromatic N) is 2. The molecule has 4 nitrogen and oxygen atoms in total. The molecule has 1 aromatic carbocycles. The molecular weight excluding hydrogens is 264 g/mol. The first-order valence-electron chi connectivity index (χ1n) is 7.85. The third-order valence-corrected chi connectivity index (χ3v) is 4.69. The molecule has 0 aliphatic heterocycles. The molecule has 0 radical (unpaired) electrons. The van der Waals surface area contributed by atoms with Gasteiger partial charge in [0.25, 0.3) is 0 Å². The fourth-order valence-corrected chi connectivity index (χ4v) is 3.50. The predicted molar refractivity (Wildman–Crippen MR) is 82.7 cm³/mol. The molecule has 0 amide bonds. The van der Waals surface area contributed by atoms with E-state index in [-0.39, 0.29) is 0 Å². The molecule has 0 unspecified atom stereocenters. The zero-order valence-corrected chi connectivity index (χ0v) is 12.7. The fourth-order valence-electron chi connectivity index (χ4n) is 3.50. The van der Waals surface area contributed by atoms with Crippen molar-refractivity contribution in [3.8, 4) is 0 Å². The van der Waals surface area contributed by atoms with Crippen LogP contribution in [0.4, 0.5) is 0 Å². The Morgan fingerprint density at radius 2 is 2.05 bits per heavy atom. The number of hydrogen-bond acceptors (Lipinski definition) is 2. The van der Waals surface area contributed by atoms with Gasteiger partial charge in [0.2, 0.25) is 0 Å². The smallest absolute Gasteiger partial charge is 0.337 e. The second-order valence-corrected chi connectivity index (χ2v) is 6.14. The number of carboxylic acids is 1. The molecule has 2 aromatic rings. The van der Waals surface area contributed by atoms with E-state index < -0.39 is 5.97 Å². The lowest BCUT2D eigenvalue weighted by atomic mass is 9.87. The van der Waals surface area contributed by atoms with Crippen molar-refractivity contribution in [1.82, 2.24) is 9.55 Å². The standard InChI is InChI=1S/C17H22N2O2/c1-3-15-18-16-13(17(20)21)5-4-6-14(16)19(15)12-9-7-11(2)8-10-12/h4-6,11-12H,3,7-10H2,1-2H3,(H,20,21). The van der Waals surface area contributed by atoms with Crippen LogP contribution in [0.25, 0.3) is 11.0 Å². The van der Waals surface area contributed by atoms with E-state index in [4.69, 9.17) is 0 Å². The minimum atomic E-state index is -0.898. The SMILES string of the molecule is CCc1nc2c(C(=O)O)cccc2n1C1CCC(C)CC1. The van der Waals surface area contributed by atoms with Crippen molar-refractivity contribution in [3.63, 3.8) is 0 Å². The van der Waals surface area contributed by atoms with Crippen LogP contribution in [0.5, 0.6) is 0 Å². The largest absolute Gasteiger partial charge is 0.478 e. The van der Waals surface area contributed by atoms with Crippen LogP contribution in [0.2, 0.25) is 0 Å². The molecule has 1 aliphatic carbocycles. The van der Waals surface area contributed by atoms with Gasteiger partial charge in [-0.15, -0.1) is 0 Å². The Balaban J connectivity index is 2.12. The second-order valence-electron chi connectivity index (χ2n) is 6.14. The molecule has 3 rings (SSSR count). The van der Waals surface area contributed by atoms with Crippen molar-refractivity contribution in [3.05, 3.63) is 29.6 Å². The number of aryl methyl sites for hydroxylation is 1. The number of para-hydroxylation sites is 1. The van der Waals surface area contributed by atoms with Crippen LogP contribution in [-0.2, 0) is 6.42 Å². The van der Waals surface area contributed by atoms with E-state index in [0.29, 0.717) is 17.1 Å². The normalized spacial score (nSPS) is 22.6. The zero-order valence-electron chi connectivity index (χ0n) is 12.7. The van der Waals surface area contributed by atoms with Crippen molar-refractivity contribution in [2.75, 3.05) is 0 Å². The number of rotatable bonds is 3. The Morgan fingerprint density at radius 3 is 2.67 bits per heavy atom. The van der Waals surface area contributed by atoms with Crippen molar-refractivity contribution in [2.24, 2.45) is 5.92 Å². The summed E-state index contributed by atoms with van der Waals surface area (Å²) in [6, 6.07) is 5.94. The quantitative estimate of drug-likeness (QED) is 0.926. The molecule has 0 bridgehead atoms. The summed E-state index contributed by atoms with van der Waals surface area (Å²) in [6.07, 6.45) is 5.64. The minimum Gasteiger partial charge on any atom is -0.478 e. The van der Waals surface area contributed by atoms with E-state index in [1.54, 1.807) is 6.07 Å². The average molecular weight is 286 g/mol. The fraction of sp³-hybridized carbons (Fsp3) is 0.529. The van der Waals surface area contributed by atoms with Gasteiger partial charge < -0.3 is 9.67 Å². The summed E-state index contributed by atoms with van der Waals surface area (Å²) >= 11 is 0. The molecule has 1 heterocycles. The van der Waals surface area contributed by atoms with Crippen LogP contribution < -0.4 is 0 Å². The summed E-state index contributed by atoms with van der Waals surface area (Å²) in [4.78, 5) is 16.0. The number of aromatic carboxylic acids is 1.